The second kappa shape index (κ2) is 5.98. The van der Waals surface area contributed by atoms with Crippen molar-refractivity contribution in [3.8, 4) is 22.3 Å². The fraction of sp³-hybridized carbons (Fsp3) is 0.0833. The lowest BCUT2D eigenvalue weighted by Crippen LogP contribution is -1.84. The Kier molecular flexibility index (Phi) is 3.66. The van der Waals surface area contributed by atoms with Gasteiger partial charge in [0, 0.05) is 0 Å². The minimum Gasteiger partial charge on any atom is -0.0620 e. The molecule has 0 aliphatic rings. The highest BCUT2D eigenvalue weighted by Crippen LogP contribution is 2.29. The predicted octanol–water partition coefficient (Wildman–Crippen LogP) is 6.79. The van der Waals surface area contributed by atoms with Crippen molar-refractivity contribution < 1.29 is 0 Å². The standard InChI is InChI=1S/C24H20/c1-17-7-9-19(10-8-17)20-11-12-22-16-23(14-13-21(22)15-20)24-6-4-3-5-18(24)2/h3-16H,1-2H3. The molecule has 24 heavy (non-hydrogen) atoms. The van der Waals surface area contributed by atoms with Gasteiger partial charge in [0.05, 0.1) is 0 Å². The van der Waals surface area contributed by atoms with Gasteiger partial charge in [-0.05, 0) is 64.6 Å². The number of aryl methyl sites for hydroxylation is 2. The lowest BCUT2D eigenvalue weighted by molar-refractivity contribution is 1.46. The highest BCUT2D eigenvalue weighted by Gasteiger charge is 2.04. The van der Waals surface area contributed by atoms with Gasteiger partial charge in [0.1, 0.15) is 0 Å². The van der Waals surface area contributed by atoms with Crippen LogP contribution in [0.2, 0.25) is 0 Å². The van der Waals surface area contributed by atoms with Crippen molar-refractivity contribution in [2.75, 3.05) is 0 Å². The van der Waals surface area contributed by atoms with Crippen LogP contribution >= 0.6 is 0 Å². The molecule has 0 radical (unpaired) electrons. The second-order valence-electron chi connectivity index (χ2n) is 6.46. The van der Waals surface area contributed by atoms with Gasteiger partial charge in [-0.3, -0.25) is 0 Å². The van der Waals surface area contributed by atoms with Gasteiger partial charge in [-0.2, -0.15) is 0 Å². The van der Waals surface area contributed by atoms with Crippen molar-refractivity contribution >= 4 is 10.8 Å². The molecule has 0 N–H and O–H groups in total. The second-order valence-corrected chi connectivity index (χ2v) is 6.46. The zero-order chi connectivity index (χ0) is 16.5. The van der Waals surface area contributed by atoms with Gasteiger partial charge >= 0.3 is 0 Å². The van der Waals surface area contributed by atoms with E-state index in [-0.39, 0.29) is 0 Å². The Labute approximate surface area is 143 Å². The molecule has 0 aliphatic carbocycles. The van der Waals surface area contributed by atoms with Gasteiger partial charge < -0.3 is 0 Å². The van der Waals surface area contributed by atoms with Crippen molar-refractivity contribution in [3.63, 3.8) is 0 Å². The van der Waals surface area contributed by atoms with Crippen molar-refractivity contribution in [1.82, 2.24) is 0 Å². The highest BCUT2D eigenvalue weighted by atomic mass is 14.1. The van der Waals surface area contributed by atoms with Crippen LogP contribution in [0, 0.1) is 13.8 Å². The Bertz CT molecular complexity index is 1010. The molecule has 0 nitrogen and oxygen atoms in total. The summed E-state index contributed by atoms with van der Waals surface area (Å²) < 4.78 is 0. The largest absolute Gasteiger partial charge is 0.0620 e. The van der Waals surface area contributed by atoms with E-state index in [0.717, 1.165) is 0 Å². The summed E-state index contributed by atoms with van der Waals surface area (Å²) >= 11 is 0. The number of benzene rings is 4. The van der Waals surface area contributed by atoms with Crippen molar-refractivity contribution in [1.29, 1.82) is 0 Å². The van der Waals surface area contributed by atoms with Crippen LogP contribution < -0.4 is 0 Å². The summed E-state index contributed by atoms with van der Waals surface area (Å²) in [5.41, 5.74) is 7.73. The van der Waals surface area contributed by atoms with Crippen LogP contribution in [0.15, 0.2) is 84.9 Å². The van der Waals surface area contributed by atoms with Crippen LogP contribution in [0.25, 0.3) is 33.0 Å². The Hall–Kier alpha value is -2.86. The van der Waals surface area contributed by atoms with Crippen LogP contribution in [-0.4, -0.2) is 0 Å². The van der Waals surface area contributed by atoms with Crippen LogP contribution in [0.1, 0.15) is 11.1 Å². The number of hydrogen-bond donors (Lipinski definition) is 0. The summed E-state index contributed by atoms with van der Waals surface area (Å²) in [6.45, 7) is 4.29. The summed E-state index contributed by atoms with van der Waals surface area (Å²) in [5.74, 6) is 0. The average Bonchev–Trinajstić information content (AvgIpc) is 2.62. The summed E-state index contributed by atoms with van der Waals surface area (Å²) in [4.78, 5) is 0. The Morgan fingerprint density at radius 3 is 1.79 bits per heavy atom. The van der Waals surface area contributed by atoms with E-state index in [9.17, 15) is 0 Å². The highest BCUT2D eigenvalue weighted by molar-refractivity contribution is 5.91. The van der Waals surface area contributed by atoms with E-state index in [2.05, 4.69) is 98.8 Å². The van der Waals surface area contributed by atoms with E-state index < -0.39 is 0 Å². The van der Waals surface area contributed by atoms with Gasteiger partial charge in [0.2, 0.25) is 0 Å². The van der Waals surface area contributed by atoms with Gasteiger partial charge in [-0.1, -0.05) is 78.4 Å². The maximum absolute atomic E-state index is 2.29. The first kappa shape index (κ1) is 14.7. The molecule has 0 saturated carbocycles. The molecule has 0 unspecified atom stereocenters. The first-order chi connectivity index (χ1) is 11.7. The van der Waals surface area contributed by atoms with E-state index in [1.165, 1.54) is 44.2 Å². The van der Waals surface area contributed by atoms with Gasteiger partial charge in [-0.15, -0.1) is 0 Å². The van der Waals surface area contributed by atoms with Crippen molar-refractivity contribution in [3.05, 3.63) is 96.1 Å². The monoisotopic (exact) mass is 308 g/mol. The molecule has 0 spiro atoms. The van der Waals surface area contributed by atoms with Crippen LogP contribution in [0.3, 0.4) is 0 Å². The smallest absolute Gasteiger partial charge is 0.0155 e. The summed E-state index contributed by atoms with van der Waals surface area (Å²) in [7, 11) is 0. The Morgan fingerprint density at radius 1 is 0.500 bits per heavy atom. The van der Waals surface area contributed by atoms with Crippen LogP contribution in [0.4, 0.5) is 0 Å². The van der Waals surface area contributed by atoms with Gasteiger partial charge in [0.15, 0.2) is 0 Å². The van der Waals surface area contributed by atoms with E-state index in [1.807, 2.05) is 0 Å². The fourth-order valence-electron chi connectivity index (χ4n) is 3.24. The molecule has 0 atom stereocenters. The van der Waals surface area contributed by atoms with Crippen molar-refractivity contribution in [2.24, 2.45) is 0 Å². The maximum Gasteiger partial charge on any atom is -0.0155 e. The van der Waals surface area contributed by atoms with Crippen molar-refractivity contribution in [2.45, 2.75) is 13.8 Å². The molecule has 0 bridgehead atoms. The Morgan fingerprint density at radius 2 is 1.08 bits per heavy atom. The minimum absolute atomic E-state index is 1.27. The van der Waals surface area contributed by atoms with Crippen LogP contribution in [-0.2, 0) is 0 Å². The minimum atomic E-state index is 1.27. The van der Waals surface area contributed by atoms with E-state index in [4.69, 9.17) is 0 Å². The molecule has 4 aromatic carbocycles. The SMILES string of the molecule is Cc1ccc(-c2ccc3cc(-c4ccccc4C)ccc3c2)cc1. The number of fused-ring (bicyclic) bond motifs is 1. The first-order valence-corrected chi connectivity index (χ1v) is 8.37. The van der Waals surface area contributed by atoms with E-state index in [1.54, 1.807) is 0 Å². The summed E-state index contributed by atoms with van der Waals surface area (Å²) in [6.07, 6.45) is 0. The molecular weight excluding hydrogens is 288 g/mol. The first-order valence-electron chi connectivity index (χ1n) is 8.37. The third-order valence-corrected chi connectivity index (χ3v) is 4.68. The average molecular weight is 308 g/mol. The third-order valence-electron chi connectivity index (χ3n) is 4.68. The molecule has 0 aliphatic heterocycles. The van der Waals surface area contributed by atoms with Crippen LogP contribution in [0.5, 0.6) is 0 Å². The topological polar surface area (TPSA) is 0 Å². The molecule has 0 amide bonds. The lowest BCUT2D eigenvalue weighted by Gasteiger charge is -2.09. The zero-order valence-corrected chi connectivity index (χ0v) is 14.1. The molecule has 0 aromatic heterocycles. The molecule has 0 heteroatoms. The summed E-state index contributed by atoms with van der Waals surface area (Å²) in [5, 5.41) is 2.57. The molecule has 0 heterocycles. The Balaban J connectivity index is 1.78. The fourth-order valence-corrected chi connectivity index (χ4v) is 3.24. The normalized spacial score (nSPS) is 10.9. The molecule has 4 rings (SSSR count). The zero-order valence-electron chi connectivity index (χ0n) is 14.1. The van der Waals surface area contributed by atoms with Gasteiger partial charge in [-0.25, -0.2) is 0 Å². The number of hydrogen-bond acceptors (Lipinski definition) is 0. The third kappa shape index (κ3) is 2.72. The van der Waals surface area contributed by atoms with Gasteiger partial charge in [0.25, 0.3) is 0 Å². The van der Waals surface area contributed by atoms with E-state index in [0.29, 0.717) is 0 Å². The summed E-state index contributed by atoms with van der Waals surface area (Å²) in [6, 6.07) is 30.7. The number of rotatable bonds is 2. The molecule has 0 saturated heterocycles. The maximum atomic E-state index is 2.29. The predicted molar refractivity (Wildman–Crippen MR) is 104 cm³/mol. The molecule has 4 aromatic rings. The lowest BCUT2D eigenvalue weighted by atomic mass is 9.96. The van der Waals surface area contributed by atoms with E-state index >= 15 is 0 Å². The molecule has 0 fully saturated rings. The molecule has 116 valence electrons. The quantitative estimate of drug-likeness (QED) is 0.382. The molecular formula is C24H20.